The van der Waals surface area contributed by atoms with Crippen molar-refractivity contribution in [3.8, 4) is 0 Å². The summed E-state index contributed by atoms with van der Waals surface area (Å²) in [7, 11) is 0. The molecular weight excluding hydrogens is 226 g/mol. The number of carbonyl (C=O) groups excluding carboxylic acids is 2. The highest BCUT2D eigenvalue weighted by atomic mass is 35.5. The molecule has 0 heterocycles. The third-order valence-electron chi connectivity index (χ3n) is 1.87. The molecule has 5 heteroatoms. The summed E-state index contributed by atoms with van der Waals surface area (Å²) < 4.78 is 25.1. The molecule has 0 saturated carbocycles. The monoisotopic (exact) mass is 232 g/mol. The largest absolute Gasteiger partial charge is 0.298 e. The Hall–Kier alpha value is -1.29. The maximum absolute atomic E-state index is 12.6. The molecule has 0 fully saturated rings. The molecule has 0 atom stereocenters. The van der Waals surface area contributed by atoms with Crippen molar-refractivity contribution in [2.45, 2.75) is 13.3 Å². The molecule has 15 heavy (non-hydrogen) atoms. The number of halogens is 3. The molecule has 0 spiro atoms. The summed E-state index contributed by atoms with van der Waals surface area (Å²) in [6.07, 6.45) is -2.43. The highest BCUT2D eigenvalue weighted by Crippen LogP contribution is 2.29. The van der Waals surface area contributed by atoms with E-state index in [9.17, 15) is 18.4 Å². The number of alkyl halides is 2. The van der Waals surface area contributed by atoms with Gasteiger partial charge in [-0.2, -0.15) is 0 Å². The van der Waals surface area contributed by atoms with Crippen LogP contribution in [-0.4, -0.2) is 12.1 Å². The molecule has 0 bridgehead atoms. The first-order valence-electron chi connectivity index (χ1n) is 4.05. The van der Waals surface area contributed by atoms with Crippen LogP contribution < -0.4 is 0 Å². The van der Waals surface area contributed by atoms with E-state index in [1.807, 2.05) is 0 Å². The van der Waals surface area contributed by atoms with Crippen LogP contribution in [0.1, 0.15) is 39.6 Å². The summed E-state index contributed by atoms with van der Waals surface area (Å²) in [5.41, 5.74) is -0.699. The Bertz CT molecular complexity index is 416. The lowest BCUT2D eigenvalue weighted by atomic mass is 10.0. The second kappa shape index (κ2) is 4.49. The molecule has 0 aliphatic rings. The van der Waals surface area contributed by atoms with Crippen molar-refractivity contribution in [3.63, 3.8) is 0 Å². The molecule has 80 valence electrons. The van der Waals surface area contributed by atoms with Gasteiger partial charge in [-0.3, -0.25) is 9.59 Å². The first-order chi connectivity index (χ1) is 6.97. The molecule has 1 rings (SSSR count). The smallest absolute Gasteiger partial charge is 0.264 e. The number of rotatable bonds is 3. The van der Waals surface area contributed by atoms with Crippen LogP contribution in [0, 0.1) is 0 Å². The summed E-state index contributed by atoms with van der Waals surface area (Å²) in [5, 5.41) is -0.123. The van der Waals surface area contributed by atoms with Crippen molar-refractivity contribution in [2.75, 3.05) is 0 Å². The van der Waals surface area contributed by atoms with E-state index in [1.165, 1.54) is 6.07 Å². The number of Topliss-reactive ketones (excluding diaryl/α,β-unsaturated/α-hetero) is 1. The second-order valence-corrected chi connectivity index (χ2v) is 3.35. The Morgan fingerprint density at radius 1 is 1.47 bits per heavy atom. The van der Waals surface area contributed by atoms with Crippen molar-refractivity contribution in [1.82, 2.24) is 0 Å². The third kappa shape index (κ3) is 2.39. The van der Waals surface area contributed by atoms with Gasteiger partial charge in [-0.05, 0) is 19.1 Å². The van der Waals surface area contributed by atoms with E-state index in [2.05, 4.69) is 0 Å². The van der Waals surface area contributed by atoms with Crippen LogP contribution in [0.5, 0.6) is 0 Å². The lowest BCUT2D eigenvalue weighted by Crippen LogP contribution is -2.03. The third-order valence-corrected chi connectivity index (χ3v) is 2.16. The first-order valence-corrected chi connectivity index (χ1v) is 4.43. The van der Waals surface area contributed by atoms with E-state index in [0.29, 0.717) is 6.29 Å². The number of benzene rings is 1. The second-order valence-electron chi connectivity index (χ2n) is 2.94. The van der Waals surface area contributed by atoms with Crippen molar-refractivity contribution >= 4 is 23.7 Å². The fourth-order valence-corrected chi connectivity index (χ4v) is 1.63. The van der Waals surface area contributed by atoms with E-state index >= 15 is 0 Å². The fourth-order valence-electron chi connectivity index (χ4n) is 1.26. The summed E-state index contributed by atoms with van der Waals surface area (Å²) in [6.45, 7) is 1.15. The van der Waals surface area contributed by atoms with E-state index in [1.54, 1.807) is 0 Å². The Labute approximate surface area is 89.8 Å². The Kier molecular flexibility index (Phi) is 3.52. The molecule has 1 aromatic carbocycles. The van der Waals surface area contributed by atoms with Crippen LogP contribution in [0.15, 0.2) is 12.1 Å². The van der Waals surface area contributed by atoms with E-state index in [0.717, 1.165) is 13.0 Å². The Morgan fingerprint density at radius 2 is 2.07 bits per heavy atom. The van der Waals surface area contributed by atoms with Crippen molar-refractivity contribution < 1.29 is 18.4 Å². The minimum Gasteiger partial charge on any atom is -0.298 e. The van der Waals surface area contributed by atoms with Gasteiger partial charge in [0.1, 0.15) is 6.29 Å². The molecule has 0 unspecified atom stereocenters. The molecule has 0 amide bonds. The normalized spacial score (nSPS) is 10.5. The number of hydrogen-bond acceptors (Lipinski definition) is 2. The molecule has 0 aliphatic carbocycles. The predicted molar refractivity (Wildman–Crippen MR) is 51.8 cm³/mol. The maximum atomic E-state index is 12.6. The van der Waals surface area contributed by atoms with Crippen molar-refractivity contribution in [3.05, 3.63) is 33.8 Å². The van der Waals surface area contributed by atoms with E-state index < -0.39 is 17.8 Å². The van der Waals surface area contributed by atoms with Crippen LogP contribution in [0.3, 0.4) is 0 Å². The van der Waals surface area contributed by atoms with Gasteiger partial charge in [0.2, 0.25) is 0 Å². The van der Waals surface area contributed by atoms with Crippen LogP contribution in [0.2, 0.25) is 5.02 Å². The molecule has 0 saturated heterocycles. The van der Waals surface area contributed by atoms with Gasteiger partial charge in [0.25, 0.3) is 6.43 Å². The minimum absolute atomic E-state index is 0.0281. The highest BCUT2D eigenvalue weighted by Gasteiger charge is 2.20. The molecule has 0 radical (unpaired) electrons. The number of aldehydes is 1. The standard InChI is InChI=1S/C10H7ClF2O2/c1-5(15)9-7(10(12)13)2-6(4-14)3-8(9)11/h2-4,10H,1H3. The molecule has 0 aromatic heterocycles. The average Bonchev–Trinajstić information content (AvgIpc) is 2.15. The van der Waals surface area contributed by atoms with Gasteiger partial charge in [0.15, 0.2) is 5.78 Å². The summed E-state index contributed by atoms with van der Waals surface area (Å²) in [6, 6.07) is 2.16. The molecule has 0 N–H and O–H groups in total. The summed E-state index contributed by atoms with van der Waals surface area (Å²) >= 11 is 5.64. The average molecular weight is 233 g/mol. The highest BCUT2D eigenvalue weighted by molar-refractivity contribution is 6.34. The minimum atomic E-state index is -2.83. The van der Waals surface area contributed by atoms with Gasteiger partial charge in [-0.1, -0.05) is 11.6 Å². The van der Waals surface area contributed by atoms with Gasteiger partial charge < -0.3 is 0 Å². The van der Waals surface area contributed by atoms with Crippen LogP contribution in [0.25, 0.3) is 0 Å². The van der Waals surface area contributed by atoms with E-state index in [-0.39, 0.29) is 16.1 Å². The quantitative estimate of drug-likeness (QED) is 0.592. The van der Waals surface area contributed by atoms with Gasteiger partial charge in [0.05, 0.1) is 5.02 Å². The van der Waals surface area contributed by atoms with Crippen LogP contribution in [-0.2, 0) is 0 Å². The topological polar surface area (TPSA) is 34.1 Å². The van der Waals surface area contributed by atoms with Crippen molar-refractivity contribution in [2.24, 2.45) is 0 Å². The molecule has 0 aliphatic heterocycles. The van der Waals surface area contributed by atoms with Gasteiger partial charge in [-0.25, -0.2) is 8.78 Å². The van der Waals surface area contributed by atoms with E-state index in [4.69, 9.17) is 11.6 Å². The van der Waals surface area contributed by atoms with Crippen molar-refractivity contribution in [1.29, 1.82) is 0 Å². The maximum Gasteiger partial charge on any atom is 0.264 e. The summed E-state index contributed by atoms with van der Waals surface area (Å²) in [5.74, 6) is -0.548. The zero-order valence-electron chi connectivity index (χ0n) is 7.76. The van der Waals surface area contributed by atoms with Gasteiger partial charge in [-0.15, -0.1) is 0 Å². The molecular formula is C10H7ClF2O2. The Balaban J connectivity index is 3.49. The number of carbonyl (C=O) groups is 2. The number of hydrogen-bond donors (Lipinski definition) is 0. The first kappa shape index (κ1) is 11.8. The lowest BCUT2D eigenvalue weighted by molar-refractivity contribution is 0.0997. The molecule has 2 nitrogen and oxygen atoms in total. The van der Waals surface area contributed by atoms with Crippen LogP contribution in [0.4, 0.5) is 8.78 Å². The predicted octanol–water partition coefficient (Wildman–Crippen LogP) is 3.29. The van der Waals surface area contributed by atoms with Gasteiger partial charge in [0, 0.05) is 16.7 Å². The fraction of sp³-hybridized carbons (Fsp3) is 0.200. The zero-order chi connectivity index (χ0) is 11.6. The number of ketones is 1. The molecule has 1 aromatic rings. The summed E-state index contributed by atoms with van der Waals surface area (Å²) in [4.78, 5) is 21.5. The SMILES string of the molecule is CC(=O)c1c(Cl)cc(C=O)cc1C(F)F. The zero-order valence-corrected chi connectivity index (χ0v) is 8.52. The van der Waals surface area contributed by atoms with Gasteiger partial charge >= 0.3 is 0 Å². The lowest BCUT2D eigenvalue weighted by Gasteiger charge is -2.08. The van der Waals surface area contributed by atoms with Crippen LogP contribution >= 0.6 is 11.6 Å². The Morgan fingerprint density at radius 3 is 2.47 bits per heavy atom.